The summed E-state index contributed by atoms with van der Waals surface area (Å²) >= 11 is 1.52. The number of thioether (sulfide) groups is 1. The topological polar surface area (TPSA) is 123 Å². The van der Waals surface area contributed by atoms with E-state index in [9.17, 15) is 19.5 Å². The Morgan fingerprint density at radius 3 is 2.32 bits per heavy atom. The fourth-order valence-corrected chi connectivity index (χ4v) is 4.47. The Hall–Kier alpha value is -4.57. The summed E-state index contributed by atoms with van der Waals surface area (Å²) in [5.41, 5.74) is 2.32. The molecule has 2 amide bonds. The van der Waals surface area contributed by atoms with Crippen molar-refractivity contribution < 1.29 is 19.5 Å². The standard InChI is InChI=1S/C29H26N4O4S/c1-33(2)13-14-38-27-17-25(32-29(36)37)24(16-23(27)12-11-20-7-4-3-5-8-20)31-28(35)18-26(34)22-10-6-9-21(15-22)19-30/h3-10,15-17,32H,13-14,18H2,1-2H3,(H,31,35)(H,36,37). The van der Waals surface area contributed by atoms with Crippen molar-refractivity contribution in [3.8, 4) is 17.9 Å². The number of hydrogen-bond acceptors (Lipinski definition) is 6. The van der Waals surface area contributed by atoms with Crippen LogP contribution in [0.15, 0.2) is 71.6 Å². The van der Waals surface area contributed by atoms with Gasteiger partial charge in [-0.15, -0.1) is 11.8 Å². The van der Waals surface area contributed by atoms with Crippen LogP contribution in [0.25, 0.3) is 0 Å². The van der Waals surface area contributed by atoms with Gasteiger partial charge >= 0.3 is 6.09 Å². The van der Waals surface area contributed by atoms with Gasteiger partial charge in [-0.05, 0) is 50.5 Å². The molecule has 0 atom stereocenters. The largest absolute Gasteiger partial charge is 0.465 e. The fraction of sp³-hybridized carbons (Fsp3) is 0.172. The highest BCUT2D eigenvalue weighted by Crippen LogP contribution is 2.33. The molecule has 0 bridgehead atoms. The van der Waals surface area contributed by atoms with Crippen molar-refractivity contribution in [2.75, 3.05) is 37.0 Å². The van der Waals surface area contributed by atoms with Crippen LogP contribution in [0.5, 0.6) is 0 Å². The SMILES string of the molecule is CN(C)CCSc1cc(NC(=O)O)c(NC(=O)CC(=O)c2cccc(C#N)c2)cc1C#Cc1ccccc1. The zero-order chi connectivity index (χ0) is 27.5. The highest BCUT2D eigenvalue weighted by molar-refractivity contribution is 7.99. The lowest BCUT2D eigenvalue weighted by Gasteiger charge is -2.15. The zero-order valence-corrected chi connectivity index (χ0v) is 21.8. The van der Waals surface area contributed by atoms with E-state index in [0.717, 1.165) is 22.8 Å². The highest BCUT2D eigenvalue weighted by Gasteiger charge is 2.17. The predicted molar refractivity (Wildman–Crippen MR) is 149 cm³/mol. The Kier molecular flexibility index (Phi) is 10.1. The summed E-state index contributed by atoms with van der Waals surface area (Å²) in [4.78, 5) is 39.7. The number of Topliss-reactive ketones (excluding diaryl/α,β-unsaturated/α-hetero) is 1. The molecule has 3 N–H and O–H groups in total. The van der Waals surface area contributed by atoms with Crippen molar-refractivity contribution in [3.63, 3.8) is 0 Å². The highest BCUT2D eigenvalue weighted by atomic mass is 32.2. The number of ketones is 1. The summed E-state index contributed by atoms with van der Waals surface area (Å²) in [6, 6.07) is 20.7. The number of carbonyl (C=O) groups is 3. The zero-order valence-electron chi connectivity index (χ0n) is 20.9. The molecule has 0 aliphatic rings. The maximum atomic E-state index is 12.8. The quantitative estimate of drug-likeness (QED) is 0.157. The summed E-state index contributed by atoms with van der Waals surface area (Å²) in [5, 5.41) is 23.4. The smallest absolute Gasteiger partial charge is 0.409 e. The van der Waals surface area contributed by atoms with E-state index in [-0.39, 0.29) is 16.9 Å². The number of hydrogen-bond donors (Lipinski definition) is 3. The van der Waals surface area contributed by atoms with Gasteiger partial charge in [0.25, 0.3) is 0 Å². The van der Waals surface area contributed by atoms with E-state index in [4.69, 9.17) is 5.26 Å². The minimum atomic E-state index is -1.29. The molecule has 0 unspecified atom stereocenters. The monoisotopic (exact) mass is 526 g/mol. The minimum Gasteiger partial charge on any atom is -0.465 e. The van der Waals surface area contributed by atoms with E-state index >= 15 is 0 Å². The number of carboxylic acid groups (broad SMARTS) is 1. The maximum absolute atomic E-state index is 12.8. The van der Waals surface area contributed by atoms with Crippen LogP contribution in [0.3, 0.4) is 0 Å². The Morgan fingerprint density at radius 1 is 0.921 bits per heavy atom. The number of nitrogens with zero attached hydrogens (tertiary/aromatic N) is 2. The third-order valence-corrected chi connectivity index (χ3v) is 6.22. The van der Waals surface area contributed by atoms with Crippen LogP contribution in [0, 0.1) is 23.2 Å². The van der Waals surface area contributed by atoms with Gasteiger partial charge in [0, 0.05) is 33.9 Å². The average molecular weight is 527 g/mol. The van der Waals surface area contributed by atoms with Gasteiger partial charge in [0.2, 0.25) is 5.91 Å². The van der Waals surface area contributed by atoms with Crippen molar-refractivity contribution in [3.05, 3.63) is 89.0 Å². The number of carbonyl (C=O) groups excluding carboxylic acids is 2. The van der Waals surface area contributed by atoms with Crippen molar-refractivity contribution >= 4 is 40.9 Å². The number of nitrogens with one attached hydrogen (secondary N) is 2. The number of nitriles is 1. The van der Waals surface area contributed by atoms with Crippen molar-refractivity contribution in [2.45, 2.75) is 11.3 Å². The third-order valence-electron chi connectivity index (χ3n) is 5.18. The van der Waals surface area contributed by atoms with Crippen LogP contribution >= 0.6 is 11.8 Å². The normalized spacial score (nSPS) is 10.2. The maximum Gasteiger partial charge on any atom is 0.409 e. The first kappa shape index (κ1) is 28.0. The van der Waals surface area contributed by atoms with Gasteiger partial charge in [0.1, 0.15) is 0 Å². The molecule has 0 saturated heterocycles. The molecule has 3 rings (SSSR count). The van der Waals surface area contributed by atoms with Gasteiger partial charge in [0.15, 0.2) is 5.78 Å². The summed E-state index contributed by atoms with van der Waals surface area (Å²) < 4.78 is 0. The summed E-state index contributed by atoms with van der Waals surface area (Å²) in [6.07, 6.45) is -1.77. The molecule has 0 fully saturated rings. The molecule has 192 valence electrons. The average Bonchev–Trinajstić information content (AvgIpc) is 2.89. The van der Waals surface area contributed by atoms with Crippen LogP contribution in [0.1, 0.15) is 33.5 Å². The predicted octanol–water partition coefficient (Wildman–Crippen LogP) is 4.91. The molecule has 9 heteroatoms. The molecule has 0 aliphatic heterocycles. The molecule has 3 aromatic carbocycles. The molecule has 0 aromatic heterocycles. The molecular weight excluding hydrogens is 500 g/mol. The first-order chi connectivity index (χ1) is 18.2. The minimum absolute atomic E-state index is 0.169. The van der Waals surface area contributed by atoms with Crippen LogP contribution in [0.2, 0.25) is 0 Å². The van der Waals surface area contributed by atoms with E-state index in [0.29, 0.717) is 11.1 Å². The Labute approximate surface area is 225 Å². The lowest BCUT2D eigenvalue weighted by Crippen LogP contribution is -2.19. The van der Waals surface area contributed by atoms with E-state index < -0.39 is 24.2 Å². The van der Waals surface area contributed by atoms with Gasteiger partial charge in [0.05, 0.1) is 29.4 Å². The van der Waals surface area contributed by atoms with Crippen molar-refractivity contribution in [2.24, 2.45) is 0 Å². The van der Waals surface area contributed by atoms with E-state index in [1.54, 1.807) is 24.3 Å². The van der Waals surface area contributed by atoms with Gasteiger partial charge in [-0.1, -0.05) is 42.2 Å². The van der Waals surface area contributed by atoms with Gasteiger partial charge in [-0.25, -0.2) is 4.79 Å². The van der Waals surface area contributed by atoms with Crippen molar-refractivity contribution in [1.82, 2.24) is 4.90 Å². The second-order valence-corrected chi connectivity index (χ2v) is 9.57. The van der Waals surface area contributed by atoms with E-state index in [1.165, 1.54) is 23.9 Å². The number of benzene rings is 3. The van der Waals surface area contributed by atoms with Gasteiger partial charge in [-0.3, -0.25) is 14.9 Å². The Bertz CT molecular complexity index is 1440. The molecular formula is C29H26N4O4S. The Morgan fingerprint density at radius 2 is 1.63 bits per heavy atom. The molecule has 0 heterocycles. The molecule has 0 radical (unpaired) electrons. The van der Waals surface area contributed by atoms with E-state index in [2.05, 4.69) is 22.5 Å². The lowest BCUT2D eigenvalue weighted by atomic mass is 10.1. The van der Waals surface area contributed by atoms with Gasteiger partial charge < -0.3 is 15.3 Å². The summed E-state index contributed by atoms with van der Waals surface area (Å²) in [6.45, 7) is 0.797. The number of anilines is 2. The molecule has 0 aliphatic carbocycles. The lowest BCUT2D eigenvalue weighted by molar-refractivity contribution is -0.115. The Balaban J connectivity index is 1.93. The van der Waals surface area contributed by atoms with Gasteiger partial charge in [-0.2, -0.15) is 5.26 Å². The van der Waals surface area contributed by atoms with Crippen molar-refractivity contribution in [1.29, 1.82) is 5.26 Å². The van der Waals surface area contributed by atoms with Crippen LogP contribution in [-0.4, -0.2) is 54.2 Å². The first-order valence-corrected chi connectivity index (χ1v) is 12.6. The van der Waals surface area contributed by atoms with Crippen LogP contribution < -0.4 is 10.6 Å². The third kappa shape index (κ3) is 8.52. The van der Waals surface area contributed by atoms with Crippen LogP contribution in [-0.2, 0) is 4.79 Å². The first-order valence-electron chi connectivity index (χ1n) is 11.6. The number of amides is 2. The summed E-state index contributed by atoms with van der Waals surface area (Å²) in [5.74, 6) is 5.88. The summed E-state index contributed by atoms with van der Waals surface area (Å²) in [7, 11) is 3.93. The molecule has 0 saturated carbocycles. The molecule has 0 spiro atoms. The second-order valence-electron chi connectivity index (χ2n) is 8.43. The fourth-order valence-electron chi connectivity index (χ4n) is 3.32. The molecule has 8 nitrogen and oxygen atoms in total. The van der Waals surface area contributed by atoms with E-state index in [1.807, 2.05) is 55.4 Å². The number of rotatable bonds is 9. The van der Waals surface area contributed by atoms with Crippen LogP contribution in [0.4, 0.5) is 16.2 Å². The second kappa shape index (κ2) is 13.7. The molecule has 3 aromatic rings. The molecule has 38 heavy (non-hydrogen) atoms.